The molecule has 0 atom stereocenters. The van der Waals surface area contributed by atoms with Gasteiger partial charge in [0.1, 0.15) is 17.3 Å². The zero-order chi connectivity index (χ0) is 17.6. The second-order valence-corrected chi connectivity index (χ2v) is 5.40. The monoisotopic (exact) mass is 355 g/mol. The number of furan rings is 1. The first kappa shape index (κ1) is 16.7. The van der Waals surface area contributed by atoms with Crippen molar-refractivity contribution in [2.45, 2.75) is 0 Å². The van der Waals surface area contributed by atoms with Gasteiger partial charge in [-0.05, 0) is 42.5 Å². The van der Waals surface area contributed by atoms with Gasteiger partial charge < -0.3 is 9.15 Å². The normalized spacial score (nSPS) is 10.8. The number of benzene rings is 1. The van der Waals surface area contributed by atoms with Crippen molar-refractivity contribution in [1.29, 1.82) is 0 Å². The summed E-state index contributed by atoms with van der Waals surface area (Å²) in [6, 6.07) is 12.2. The smallest absolute Gasteiger partial charge is 0.272 e. The highest BCUT2D eigenvalue weighted by Gasteiger charge is 2.08. The second-order valence-electron chi connectivity index (χ2n) is 4.99. The fourth-order valence-corrected chi connectivity index (χ4v) is 2.37. The molecule has 7 heteroatoms. The lowest BCUT2D eigenvalue weighted by atomic mass is 10.2. The van der Waals surface area contributed by atoms with Crippen LogP contribution in [0.2, 0.25) is 5.02 Å². The molecule has 0 aliphatic rings. The highest BCUT2D eigenvalue weighted by atomic mass is 35.5. The van der Waals surface area contributed by atoms with Crippen molar-refractivity contribution < 1.29 is 13.9 Å². The van der Waals surface area contributed by atoms with Crippen LogP contribution < -0.4 is 10.2 Å². The Morgan fingerprint density at radius 1 is 1.32 bits per heavy atom. The number of carbonyl (C=O) groups is 1. The van der Waals surface area contributed by atoms with Gasteiger partial charge in [-0.15, -0.1) is 0 Å². The van der Waals surface area contributed by atoms with Crippen LogP contribution >= 0.6 is 11.6 Å². The minimum Gasteiger partial charge on any atom is -0.495 e. The number of halogens is 1. The van der Waals surface area contributed by atoms with Crippen LogP contribution in [-0.4, -0.2) is 24.2 Å². The molecule has 0 radical (unpaired) electrons. The van der Waals surface area contributed by atoms with Crippen molar-refractivity contribution in [3.05, 3.63) is 71.2 Å². The van der Waals surface area contributed by atoms with Gasteiger partial charge in [0.2, 0.25) is 0 Å². The predicted molar refractivity (Wildman–Crippen MR) is 95.0 cm³/mol. The molecule has 0 unspecified atom stereocenters. The van der Waals surface area contributed by atoms with Crippen molar-refractivity contribution in [1.82, 2.24) is 10.4 Å². The van der Waals surface area contributed by atoms with Gasteiger partial charge >= 0.3 is 0 Å². The Hall–Kier alpha value is -3.12. The lowest BCUT2D eigenvalue weighted by Gasteiger charge is -2.04. The number of methoxy groups -OCH3 is 1. The molecule has 0 saturated carbocycles. The fraction of sp³-hybridized carbons (Fsp3) is 0.0556. The average Bonchev–Trinajstić information content (AvgIpc) is 3.11. The number of hydrazone groups is 1. The summed E-state index contributed by atoms with van der Waals surface area (Å²) in [5.41, 5.74) is 3.65. The van der Waals surface area contributed by atoms with Gasteiger partial charge in [-0.1, -0.05) is 11.6 Å². The molecule has 1 N–H and O–H groups in total. The molecule has 3 rings (SSSR count). The number of pyridine rings is 1. The molecule has 0 aliphatic heterocycles. The standard InChI is InChI=1S/C18H14ClN3O3/c1-24-17-6-4-12(9-15(17)19)16-7-5-14(25-16)11-21-22-18(23)13-3-2-8-20-10-13/h2-11H,1H3,(H,22,23)/b21-11+. The third kappa shape index (κ3) is 4.05. The first-order valence-electron chi connectivity index (χ1n) is 7.34. The molecule has 1 aromatic carbocycles. The van der Waals surface area contributed by atoms with Crippen LogP contribution in [0.1, 0.15) is 16.1 Å². The summed E-state index contributed by atoms with van der Waals surface area (Å²) in [6.45, 7) is 0. The summed E-state index contributed by atoms with van der Waals surface area (Å²) < 4.78 is 10.8. The Morgan fingerprint density at radius 3 is 2.92 bits per heavy atom. The molecule has 0 bridgehead atoms. The number of amides is 1. The molecule has 2 aromatic heterocycles. The van der Waals surface area contributed by atoms with Gasteiger partial charge in [-0.3, -0.25) is 9.78 Å². The average molecular weight is 356 g/mol. The zero-order valence-corrected chi connectivity index (χ0v) is 14.0. The van der Waals surface area contributed by atoms with E-state index in [1.807, 2.05) is 6.07 Å². The van der Waals surface area contributed by atoms with Crippen molar-refractivity contribution in [3.8, 4) is 17.1 Å². The van der Waals surface area contributed by atoms with E-state index in [-0.39, 0.29) is 5.91 Å². The van der Waals surface area contributed by atoms with Gasteiger partial charge in [0.25, 0.3) is 5.91 Å². The molecule has 2 heterocycles. The van der Waals surface area contributed by atoms with Crippen molar-refractivity contribution in [2.24, 2.45) is 5.10 Å². The van der Waals surface area contributed by atoms with Gasteiger partial charge in [0, 0.05) is 18.0 Å². The Kier molecular flexibility index (Phi) is 5.11. The predicted octanol–water partition coefficient (Wildman–Crippen LogP) is 3.77. The number of aromatic nitrogens is 1. The number of nitrogens with one attached hydrogen (secondary N) is 1. The molecule has 3 aromatic rings. The van der Waals surface area contributed by atoms with E-state index >= 15 is 0 Å². The SMILES string of the molecule is COc1ccc(-c2ccc(/C=N/NC(=O)c3cccnc3)o2)cc1Cl. The van der Waals surface area contributed by atoms with Crippen LogP contribution in [-0.2, 0) is 0 Å². The lowest BCUT2D eigenvalue weighted by Crippen LogP contribution is -2.17. The van der Waals surface area contributed by atoms with Gasteiger partial charge in [0.15, 0.2) is 0 Å². The van der Waals surface area contributed by atoms with E-state index in [2.05, 4.69) is 15.5 Å². The molecular formula is C18H14ClN3O3. The van der Waals surface area contributed by atoms with Gasteiger partial charge in [-0.25, -0.2) is 5.43 Å². The third-order valence-electron chi connectivity index (χ3n) is 3.34. The third-order valence-corrected chi connectivity index (χ3v) is 3.64. The number of hydrogen-bond donors (Lipinski definition) is 1. The van der Waals surface area contributed by atoms with Crippen LogP contribution in [0.3, 0.4) is 0 Å². The Labute approximate surface area is 149 Å². The highest BCUT2D eigenvalue weighted by molar-refractivity contribution is 6.32. The van der Waals surface area contributed by atoms with Gasteiger partial charge in [0.05, 0.1) is 23.9 Å². The topological polar surface area (TPSA) is 76.7 Å². The lowest BCUT2D eigenvalue weighted by molar-refractivity contribution is 0.0954. The molecule has 1 amide bonds. The first-order chi connectivity index (χ1) is 12.2. The van der Waals surface area contributed by atoms with E-state index in [1.54, 1.807) is 49.7 Å². The number of ether oxygens (including phenoxy) is 1. The molecule has 25 heavy (non-hydrogen) atoms. The van der Waals surface area contributed by atoms with E-state index in [4.69, 9.17) is 20.8 Å². The quantitative estimate of drug-likeness (QED) is 0.558. The minimum absolute atomic E-state index is 0.349. The zero-order valence-electron chi connectivity index (χ0n) is 13.3. The highest BCUT2D eigenvalue weighted by Crippen LogP contribution is 2.30. The van der Waals surface area contributed by atoms with Gasteiger partial charge in [-0.2, -0.15) is 5.10 Å². The molecule has 0 saturated heterocycles. The number of nitrogens with zero attached hydrogens (tertiary/aromatic N) is 2. The summed E-state index contributed by atoms with van der Waals surface area (Å²) in [5.74, 6) is 1.37. The van der Waals surface area contributed by atoms with E-state index in [1.165, 1.54) is 12.4 Å². The molecule has 0 aliphatic carbocycles. The van der Waals surface area contributed by atoms with Crippen LogP contribution in [0.15, 0.2) is 64.4 Å². The van der Waals surface area contributed by atoms with Crippen LogP contribution in [0.4, 0.5) is 0 Å². The minimum atomic E-state index is -0.349. The molecular weight excluding hydrogens is 342 g/mol. The Bertz CT molecular complexity index is 907. The Balaban J connectivity index is 1.67. The largest absolute Gasteiger partial charge is 0.495 e. The van der Waals surface area contributed by atoms with E-state index in [0.29, 0.717) is 27.9 Å². The maximum atomic E-state index is 11.8. The van der Waals surface area contributed by atoms with E-state index in [0.717, 1.165) is 5.56 Å². The first-order valence-corrected chi connectivity index (χ1v) is 7.72. The van der Waals surface area contributed by atoms with Crippen molar-refractivity contribution >= 4 is 23.7 Å². The maximum Gasteiger partial charge on any atom is 0.272 e. The van der Waals surface area contributed by atoms with Crippen LogP contribution in [0.25, 0.3) is 11.3 Å². The second kappa shape index (κ2) is 7.63. The maximum absolute atomic E-state index is 11.8. The summed E-state index contributed by atoms with van der Waals surface area (Å²) in [4.78, 5) is 15.7. The Morgan fingerprint density at radius 2 is 2.20 bits per heavy atom. The molecule has 0 fully saturated rings. The fourth-order valence-electron chi connectivity index (χ4n) is 2.11. The van der Waals surface area contributed by atoms with E-state index in [9.17, 15) is 4.79 Å². The van der Waals surface area contributed by atoms with Crippen LogP contribution in [0, 0.1) is 0 Å². The summed E-state index contributed by atoms with van der Waals surface area (Å²) in [6.07, 6.45) is 4.47. The number of rotatable bonds is 5. The van der Waals surface area contributed by atoms with E-state index < -0.39 is 0 Å². The molecule has 0 spiro atoms. The summed E-state index contributed by atoms with van der Waals surface area (Å²) >= 11 is 6.12. The van der Waals surface area contributed by atoms with Crippen molar-refractivity contribution in [3.63, 3.8) is 0 Å². The molecule has 126 valence electrons. The summed E-state index contributed by atoms with van der Waals surface area (Å²) in [7, 11) is 1.56. The summed E-state index contributed by atoms with van der Waals surface area (Å²) in [5, 5.41) is 4.37. The molecule has 6 nitrogen and oxygen atoms in total. The van der Waals surface area contributed by atoms with Crippen LogP contribution in [0.5, 0.6) is 5.75 Å². The number of carbonyl (C=O) groups excluding carboxylic acids is 1. The number of hydrogen-bond acceptors (Lipinski definition) is 5. The van der Waals surface area contributed by atoms with Crippen molar-refractivity contribution in [2.75, 3.05) is 7.11 Å².